The summed E-state index contributed by atoms with van der Waals surface area (Å²) in [6.07, 6.45) is 1.34. The van der Waals surface area contributed by atoms with E-state index in [0.29, 0.717) is 50.2 Å². The summed E-state index contributed by atoms with van der Waals surface area (Å²) in [5.41, 5.74) is 3.28. The molecule has 2 aliphatic heterocycles. The summed E-state index contributed by atoms with van der Waals surface area (Å²) in [5, 5.41) is 0. The highest BCUT2D eigenvalue weighted by atomic mass is 32.2. The third-order valence-electron chi connectivity index (χ3n) is 6.03. The van der Waals surface area contributed by atoms with Gasteiger partial charge in [0.2, 0.25) is 15.9 Å². The van der Waals surface area contributed by atoms with Gasteiger partial charge in [-0.15, -0.1) is 0 Å². The highest BCUT2D eigenvalue weighted by Crippen LogP contribution is 2.28. The molecule has 5 rings (SSSR count). The average Bonchev–Trinajstić information content (AvgIpc) is 3.44. The minimum absolute atomic E-state index is 0.128. The van der Waals surface area contributed by atoms with E-state index in [-0.39, 0.29) is 10.8 Å². The van der Waals surface area contributed by atoms with Gasteiger partial charge in [-0.3, -0.25) is 4.79 Å². The molecule has 3 heterocycles. The van der Waals surface area contributed by atoms with Crippen LogP contribution in [-0.4, -0.2) is 71.5 Å². The van der Waals surface area contributed by atoms with Crippen molar-refractivity contribution >= 4 is 44.4 Å². The predicted molar refractivity (Wildman–Crippen MR) is 120 cm³/mol. The van der Waals surface area contributed by atoms with E-state index in [9.17, 15) is 13.2 Å². The molecule has 2 aromatic carbocycles. The Labute approximate surface area is 185 Å². The van der Waals surface area contributed by atoms with Crippen LogP contribution in [0.25, 0.3) is 11.0 Å². The van der Waals surface area contributed by atoms with E-state index in [1.165, 1.54) is 9.87 Å². The van der Waals surface area contributed by atoms with Crippen molar-refractivity contribution in [3.8, 4) is 0 Å². The van der Waals surface area contributed by atoms with Crippen LogP contribution in [0.2, 0.25) is 0 Å². The number of carbonyl (C=O) groups excluding carboxylic acids is 1. The standard InChI is InChI=1S/C21H23N5O3S2/c27-20(26-11-8-16-4-1-2-6-18(16)26)9-10-24-12-14-25(15-13-24)31(28,29)19-7-3-5-17-21(19)23-30-22-17/h1-7H,8-15H2. The Hall–Kier alpha value is -2.40. The third kappa shape index (κ3) is 3.84. The van der Waals surface area contributed by atoms with Crippen molar-refractivity contribution in [2.75, 3.05) is 44.2 Å². The number of sulfonamides is 1. The smallest absolute Gasteiger partial charge is 0.245 e. The number of nitrogens with zero attached hydrogens (tertiary/aromatic N) is 5. The van der Waals surface area contributed by atoms with E-state index in [1.54, 1.807) is 18.2 Å². The lowest BCUT2D eigenvalue weighted by Gasteiger charge is -2.34. The zero-order valence-corrected chi connectivity index (χ0v) is 18.6. The molecule has 10 heteroatoms. The average molecular weight is 458 g/mol. The molecule has 1 aromatic heterocycles. The topological polar surface area (TPSA) is 86.7 Å². The number of para-hydroxylation sites is 1. The van der Waals surface area contributed by atoms with Gasteiger partial charge >= 0.3 is 0 Å². The van der Waals surface area contributed by atoms with Crippen LogP contribution in [0.4, 0.5) is 5.69 Å². The molecule has 1 amide bonds. The van der Waals surface area contributed by atoms with Crippen LogP contribution in [-0.2, 0) is 21.2 Å². The van der Waals surface area contributed by atoms with E-state index < -0.39 is 10.0 Å². The van der Waals surface area contributed by atoms with Crippen LogP contribution < -0.4 is 4.90 Å². The predicted octanol–water partition coefficient (Wildman–Crippen LogP) is 1.98. The molecule has 2 aliphatic rings. The Morgan fingerprint density at radius 2 is 1.77 bits per heavy atom. The fraction of sp³-hybridized carbons (Fsp3) is 0.381. The molecule has 0 aliphatic carbocycles. The van der Waals surface area contributed by atoms with E-state index in [0.717, 1.165) is 30.4 Å². The summed E-state index contributed by atoms with van der Waals surface area (Å²) < 4.78 is 36.1. The van der Waals surface area contributed by atoms with E-state index in [2.05, 4.69) is 19.7 Å². The van der Waals surface area contributed by atoms with Gasteiger partial charge in [0.25, 0.3) is 0 Å². The molecule has 162 valence electrons. The van der Waals surface area contributed by atoms with Gasteiger partial charge in [0.1, 0.15) is 15.9 Å². The minimum atomic E-state index is -3.62. The number of anilines is 1. The summed E-state index contributed by atoms with van der Waals surface area (Å²) in [5.74, 6) is 0.128. The van der Waals surface area contributed by atoms with Crippen molar-refractivity contribution in [2.24, 2.45) is 0 Å². The maximum atomic E-state index is 13.1. The molecule has 0 N–H and O–H groups in total. The summed E-state index contributed by atoms with van der Waals surface area (Å²) >= 11 is 1.02. The Morgan fingerprint density at radius 3 is 2.61 bits per heavy atom. The highest BCUT2D eigenvalue weighted by Gasteiger charge is 2.31. The molecule has 1 fully saturated rings. The Kier molecular flexibility index (Phi) is 5.47. The first-order valence-corrected chi connectivity index (χ1v) is 12.5. The number of amides is 1. The van der Waals surface area contributed by atoms with E-state index in [4.69, 9.17) is 0 Å². The number of rotatable bonds is 5. The van der Waals surface area contributed by atoms with Gasteiger partial charge in [0, 0.05) is 51.4 Å². The Bertz CT molecular complexity index is 1220. The van der Waals surface area contributed by atoms with Crippen LogP contribution in [0.15, 0.2) is 47.4 Å². The van der Waals surface area contributed by atoms with Gasteiger partial charge in [-0.05, 0) is 30.2 Å². The van der Waals surface area contributed by atoms with Gasteiger partial charge in [0.15, 0.2) is 0 Å². The van der Waals surface area contributed by atoms with E-state index in [1.807, 2.05) is 23.1 Å². The zero-order chi connectivity index (χ0) is 21.4. The number of fused-ring (bicyclic) bond motifs is 2. The molecular weight excluding hydrogens is 434 g/mol. The third-order valence-corrected chi connectivity index (χ3v) is 8.50. The number of benzene rings is 2. The SMILES string of the molecule is O=C(CCN1CCN(S(=O)(=O)c2cccc3nsnc23)CC1)N1CCc2ccccc21. The van der Waals surface area contributed by atoms with Crippen LogP contribution in [0.3, 0.4) is 0 Å². The Balaban J connectivity index is 1.18. The number of aromatic nitrogens is 2. The van der Waals surface area contributed by atoms with Crippen LogP contribution in [0.5, 0.6) is 0 Å². The second-order valence-corrected chi connectivity index (χ2v) is 10.2. The molecule has 8 nitrogen and oxygen atoms in total. The van der Waals surface area contributed by atoms with Gasteiger partial charge in [-0.2, -0.15) is 13.1 Å². The molecule has 0 bridgehead atoms. The van der Waals surface area contributed by atoms with Crippen molar-refractivity contribution in [1.29, 1.82) is 0 Å². The minimum Gasteiger partial charge on any atom is -0.312 e. The van der Waals surface area contributed by atoms with Crippen LogP contribution >= 0.6 is 11.7 Å². The lowest BCUT2D eigenvalue weighted by Crippen LogP contribution is -2.49. The van der Waals surface area contributed by atoms with E-state index >= 15 is 0 Å². The number of piperazine rings is 1. The second-order valence-electron chi connectivity index (χ2n) is 7.81. The fourth-order valence-corrected chi connectivity index (χ4v) is 6.48. The molecule has 3 aromatic rings. The maximum Gasteiger partial charge on any atom is 0.245 e. The van der Waals surface area contributed by atoms with Crippen molar-refractivity contribution < 1.29 is 13.2 Å². The quantitative estimate of drug-likeness (QED) is 0.582. The summed E-state index contributed by atoms with van der Waals surface area (Å²) in [6.45, 7) is 3.38. The van der Waals surface area contributed by atoms with Gasteiger partial charge in [-0.25, -0.2) is 8.42 Å². The first kappa shape index (κ1) is 20.5. The van der Waals surface area contributed by atoms with Crippen molar-refractivity contribution in [3.05, 3.63) is 48.0 Å². The molecule has 0 atom stereocenters. The number of hydrogen-bond acceptors (Lipinski definition) is 7. The summed E-state index contributed by atoms with van der Waals surface area (Å²) in [6, 6.07) is 13.1. The molecular formula is C21H23N5O3S2. The van der Waals surface area contributed by atoms with Crippen molar-refractivity contribution in [2.45, 2.75) is 17.7 Å². The van der Waals surface area contributed by atoms with Gasteiger partial charge in [0.05, 0.1) is 11.7 Å². The summed E-state index contributed by atoms with van der Waals surface area (Å²) in [4.78, 5) is 17.0. The normalized spacial score (nSPS) is 17.9. The second kappa shape index (κ2) is 8.27. The largest absolute Gasteiger partial charge is 0.312 e. The lowest BCUT2D eigenvalue weighted by atomic mass is 10.2. The zero-order valence-electron chi connectivity index (χ0n) is 17.0. The Morgan fingerprint density at radius 1 is 0.968 bits per heavy atom. The fourth-order valence-electron chi connectivity index (χ4n) is 4.31. The van der Waals surface area contributed by atoms with Crippen LogP contribution in [0, 0.1) is 0 Å². The molecule has 31 heavy (non-hydrogen) atoms. The molecule has 0 saturated carbocycles. The monoisotopic (exact) mass is 457 g/mol. The maximum absolute atomic E-state index is 13.1. The summed E-state index contributed by atoms with van der Waals surface area (Å²) in [7, 11) is -3.62. The first-order valence-electron chi connectivity index (χ1n) is 10.4. The lowest BCUT2D eigenvalue weighted by molar-refractivity contribution is -0.118. The number of carbonyl (C=O) groups is 1. The van der Waals surface area contributed by atoms with Crippen molar-refractivity contribution in [3.63, 3.8) is 0 Å². The van der Waals surface area contributed by atoms with Gasteiger partial charge < -0.3 is 9.80 Å². The molecule has 0 unspecified atom stereocenters. The van der Waals surface area contributed by atoms with Gasteiger partial charge in [-0.1, -0.05) is 24.3 Å². The molecule has 0 radical (unpaired) electrons. The molecule has 1 saturated heterocycles. The highest BCUT2D eigenvalue weighted by molar-refractivity contribution is 7.89. The first-order chi connectivity index (χ1) is 15.0. The van der Waals surface area contributed by atoms with Crippen molar-refractivity contribution in [1.82, 2.24) is 18.0 Å². The number of hydrogen-bond donors (Lipinski definition) is 0. The van der Waals surface area contributed by atoms with Crippen LogP contribution in [0.1, 0.15) is 12.0 Å². The molecule has 0 spiro atoms.